The third kappa shape index (κ3) is 5.39. The number of nitrogens with one attached hydrogen (secondary N) is 1. The van der Waals surface area contributed by atoms with Crippen LogP contribution in [0, 0.1) is 0 Å². The lowest BCUT2D eigenvalue weighted by atomic mass is 9.95. The number of esters is 2. The van der Waals surface area contributed by atoms with Crippen LogP contribution >= 0.6 is 11.8 Å². The van der Waals surface area contributed by atoms with Crippen molar-refractivity contribution in [2.45, 2.75) is 36.1 Å². The quantitative estimate of drug-likeness (QED) is 0.114. The summed E-state index contributed by atoms with van der Waals surface area (Å²) >= 11 is 1.38. The number of aromatic nitrogens is 1. The van der Waals surface area contributed by atoms with Crippen molar-refractivity contribution in [3.05, 3.63) is 53.9 Å². The molecule has 2 aliphatic rings. The zero-order valence-electron chi connectivity index (χ0n) is 21.4. The smallest absolute Gasteiger partial charge is 0.406 e. The third-order valence-electron chi connectivity index (χ3n) is 6.26. The molecule has 2 aliphatic heterocycles. The van der Waals surface area contributed by atoms with E-state index in [4.69, 9.17) is 18.9 Å². The molecule has 1 N–H and O–H groups in total. The molecule has 2 aromatic rings. The van der Waals surface area contributed by atoms with Gasteiger partial charge in [0.15, 0.2) is 6.20 Å². The van der Waals surface area contributed by atoms with Gasteiger partial charge in [-0.2, -0.15) is 4.57 Å². The van der Waals surface area contributed by atoms with Crippen molar-refractivity contribution >= 4 is 35.5 Å². The summed E-state index contributed by atoms with van der Waals surface area (Å²) in [5.74, 6) is -1.68. The van der Waals surface area contributed by atoms with Crippen molar-refractivity contribution in [2.75, 3.05) is 21.0 Å². The molecule has 2 amide bonds. The monoisotopic (exact) mass is 657 g/mol. The molecular weight excluding hydrogens is 629 g/mol. The Balaban J connectivity index is 0.00000400. The fourth-order valence-electron chi connectivity index (χ4n) is 4.44. The molecule has 0 aliphatic carbocycles. The number of hydrogen-bond donors (Lipinski definition) is 1. The number of β-lactam (4-membered cyclic amide) rings is 1. The molecule has 13 heteroatoms. The van der Waals surface area contributed by atoms with Gasteiger partial charge in [-0.15, -0.1) is 11.8 Å². The standard InChI is InChI=1S/C25H27N3O8S.HI/c1-25(2)19(24(32)36-13-35-23(31)14-9-6-7-12-27(14)3)28-21(30)18(22(28)37-25)26-20(29)17-15(33-4)10-8-11-16(17)34-5;/h6-12,18-19,22H,13H2,1-5H3;1H/t18-,19+,22-;/m0./s1. The first-order chi connectivity index (χ1) is 17.6. The van der Waals surface area contributed by atoms with Gasteiger partial charge in [0.1, 0.15) is 41.6 Å². The highest BCUT2D eigenvalue weighted by Gasteiger charge is 2.64. The van der Waals surface area contributed by atoms with E-state index in [-0.39, 0.29) is 29.5 Å². The van der Waals surface area contributed by atoms with Crippen LogP contribution in [0.4, 0.5) is 0 Å². The summed E-state index contributed by atoms with van der Waals surface area (Å²) in [6, 6.07) is 8.20. The molecule has 4 rings (SSSR count). The second-order valence-electron chi connectivity index (χ2n) is 8.96. The number of benzene rings is 1. The maximum absolute atomic E-state index is 13.1. The Morgan fingerprint density at radius 3 is 2.32 bits per heavy atom. The largest absolute Gasteiger partial charge is 1.00 e. The number of aryl methyl sites for hydroxylation is 1. The van der Waals surface area contributed by atoms with Crippen molar-refractivity contribution in [1.29, 1.82) is 0 Å². The maximum atomic E-state index is 13.1. The predicted molar refractivity (Wildman–Crippen MR) is 131 cm³/mol. The molecule has 3 atom stereocenters. The first kappa shape index (κ1) is 29.5. The van der Waals surface area contributed by atoms with Crippen molar-refractivity contribution in [3.63, 3.8) is 0 Å². The van der Waals surface area contributed by atoms with E-state index in [2.05, 4.69) is 5.32 Å². The topological polar surface area (TPSA) is 124 Å². The predicted octanol–water partition coefficient (Wildman–Crippen LogP) is -1.95. The van der Waals surface area contributed by atoms with Crippen LogP contribution in [0.3, 0.4) is 0 Å². The molecule has 0 radical (unpaired) electrons. The van der Waals surface area contributed by atoms with Gasteiger partial charge in [0.25, 0.3) is 11.6 Å². The molecule has 11 nitrogen and oxygen atoms in total. The fraction of sp³-hybridized carbons (Fsp3) is 0.400. The van der Waals surface area contributed by atoms with Gasteiger partial charge in [0, 0.05) is 16.9 Å². The SMILES string of the molecule is COc1cccc(OC)c1C(=O)N[C@H]1C(=O)N2[C@H]1SC(C)(C)[C@H]2C(=O)OCOC(=O)c1cccc[n+]1C.[I-]. The molecule has 0 bridgehead atoms. The average Bonchev–Trinajstić information content (AvgIpc) is 3.14. The van der Waals surface area contributed by atoms with Crippen molar-refractivity contribution in [3.8, 4) is 11.5 Å². The summed E-state index contributed by atoms with van der Waals surface area (Å²) < 4.78 is 21.8. The Bertz CT molecular complexity index is 1230. The number of thioether (sulfide) groups is 1. The number of carbonyl (C=O) groups excluding carboxylic acids is 4. The highest BCUT2D eigenvalue weighted by atomic mass is 127. The number of ether oxygens (including phenoxy) is 4. The summed E-state index contributed by atoms with van der Waals surface area (Å²) in [5.41, 5.74) is 0.462. The Labute approximate surface area is 241 Å². The van der Waals surface area contributed by atoms with Gasteiger partial charge in [-0.05, 0) is 32.0 Å². The van der Waals surface area contributed by atoms with Crippen LogP contribution in [0.2, 0.25) is 0 Å². The molecule has 0 unspecified atom stereocenters. The Hall–Kier alpha value is -3.07. The molecule has 38 heavy (non-hydrogen) atoms. The molecule has 0 spiro atoms. The van der Waals surface area contributed by atoms with Crippen LogP contribution in [0.5, 0.6) is 11.5 Å². The van der Waals surface area contributed by atoms with Gasteiger partial charge in [0.2, 0.25) is 12.7 Å². The maximum Gasteiger partial charge on any atom is 0.406 e. The molecular formula is C25H28IN3O8S. The normalized spacial score (nSPS) is 20.8. The minimum atomic E-state index is -0.921. The van der Waals surface area contributed by atoms with Gasteiger partial charge < -0.3 is 53.1 Å². The summed E-state index contributed by atoms with van der Waals surface area (Å²) in [7, 11) is 4.56. The summed E-state index contributed by atoms with van der Waals surface area (Å²) in [5, 5.41) is 2.27. The van der Waals surface area contributed by atoms with Crippen molar-refractivity contribution < 1.29 is 66.7 Å². The number of carbonyl (C=O) groups is 4. The van der Waals surface area contributed by atoms with E-state index in [1.165, 1.54) is 30.9 Å². The highest BCUT2D eigenvalue weighted by Crippen LogP contribution is 2.51. The minimum absolute atomic E-state index is 0. The number of rotatable bonds is 8. The molecule has 0 saturated carbocycles. The zero-order valence-corrected chi connectivity index (χ0v) is 24.4. The fourth-order valence-corrected chi connectivity index (χ4v) is 6.06. The average molecular weight is 657 g/mol. The van der Waals surface area contributed by atoms with Crippen LogP contribution in [0.25, 0.3) is 0 Å². The van der Waals surface area contributed by atoms with E-state index in [1.807, 2.05) is 13.8 Å². The van der Waals surface area contributed by atoms with E-state index in [1.54, 1.807) is 54.2 Å². The Morgan fingerprint density at radius 1 is 1.05 bits per heavy atom. The molecule has 3 heterocycles. The van der Waals surface area contributed by atoms with E-state index < -0.39 is 52.8 Å². The lowest BCUT2D eigenvalue weighted by Crippen LogP contribution is -3.00. The molecule has 2 saturated heterocycles. The van der Waals surface area contributed by atoms with E-state index in [0.29, 0.717) is 17.2 Å². The summed E-state index contributed by atoms with van der Waals surface area (Å²) in [6.45, 7) is 3.03. The van der Waals surface area contributed by atoms with Crippen molar-refractivity contribution in [2.24, 2.45) is 7.05 Å². The van der Waals surface area contributed by atoms with Crippen LogP contribution in [-0.2, 0) is 26.1 Å². The Kier molecular flexibility index (Phi) is 9.13. The lowest BCUT2D eigenvalue weighted by molar-refractivity contribution is -0.674. The van der Waals surface area contributed by atoms with E-state index in [9.17, 15) is 19.2 Å². The number of amides is 2. The number of nitrogens with zero attached hydrogens (tertiary/aromatic N) is 2. The second kappa shape index (κ2) is 11.8. The summed E-state index contributed by atoms with van der Waals surface area (Å²) in [6.07, 6.45) is 1.69. The molecule has 2 fully saturated rings. The number of halogens is 1. The number of fused-ring (bicyclic) bond motifs is 1. The van der Waals surface area contributed by atoms with Crippen LogP contribution in [0.15, 0.2) is 42.6 Å². The molecule has 1 aromatic carbocycles. The summed E-state index contributed by atoms with van der Waals surface area (Å²) in [4.78, 5) is 52.8. The number of hydrogen-bond acceptors (Lipinski definition) is 9. The van der Waals surface area contributed by atoms with Crippen LogP contribution in [-0.4, -0.2) is 71.9 Å². The number of pyridine rings is 1. The van der Waals surface area contributed by atoms with Gasteiger partial charge in [-0.25, -0.2) is 9.59 Å². The third-order valence-corrected chi connectivity index (χ3v) is 7.83. The molecule has 1 aromatic heterocycles. The second-order valence-corrected chi connectivity index (χ2v) is 10.7. The Morgan fingerprint density at radius 2 is 1.71 bits per heavy atom. The highest BCUT2D eigenvalue weighted by molar-refractivity contribution is 8.01. The van der Waals surface area contributed by atoms with E-state index >= 15 is 0 Å². The molecule has 204 valence electrons. The van der Waals surface area contributed by atoms with Crippen LogP contribution < -0.4 is 43.3 Å². The minimum Gasteiger partial charge on any atom is -1.00 e. The first-order valence-electron chi connectivity index (χ1n) is 11.4. The van der Waals surface area contributed by atoms with Gasteiger partial charge in [0.05, 0.1) is 14.2 Å². The number of methoxy groups -OCH3 is 2. The van der Waals surface area contributed by atoms with Crippen molar-refractivity contribution in [1.82, 2.24) is 10.2 Å². The van der Waals surface area contributed by atoms with Gasteiger partial charge in [-0.3, -0.25) is 9.59 Å². The first-order valence-corrected chi connectivity index (χ1v) is 12.3. The zero-order chi connectivity index (χ0) is 26.9. The van der Waals surface area contributed by atoms with Gasteiger partial charge >= 0.3 is 11.9 Å². The van der Waals surface area contributed by atoms with E-state index in [0.717, 1.165) is 0 Å². The van der Waals surface area contributed by atoms with Crippen LogP contribution in [0.1, 0.15) is 34.7 Å². The van der Waals surface area contributed by atoms with Gasteiger partial charge in [-0.1, -0.05) is 6.07 Å². The lowest BCUT2D eigenvalue weighted by Gasteiger charge is -2.43.